The third-order valence-electron chi connectivity index (χ3n) is 2.44. The van der Waals surface area contributed by atoms with Gasteiger partial charge in [0.25, 0.3) is 0 Å². The lowest BCUT2D eigenvalue weighted by Crippen LogP contribution is -2.30. The van der Waals surface area contributed by atoms with Gasteiger partial charge < -0.3 is 10.6 Å². The quantitative estimate of drug-likeness (QED) is 0.862. The SMILES string of the molecule is CSCC(C)N(C)c1nc(C)c(CN)s1. The largest absolute Gasteiger partial charge is 0.348 e. The van der Waals surface area contributed by atoms with Crippen LogP contribution in [0.15, 0.2) is 0 Å². The van der Waals surface area contributed by atoms with E-state index >= 15 is 0 Å². The van der Waals surface area contributed by atoms with Crippen LogP contribution in [0, 0.1) is 6.92 Å². The summed E-state index contributed by atoms with van der Waals surface area (Å²) in [6.07, 6.45) is 2.13. The van der Waals surface area contributed by atoms with Crippen molar-refractivity contribution in [3.8, 4) is 0 Å². The van der Waals surface area contributed by atoms with E-state index in [0.717, 1.165) is 16.6 Å². The number of aryl methyl sites for hydroxylation is 1. The van der Waals surface area contributed by atoms with Crippen molar-refractivity contribution >= 4 is 28.2 Å². The predicted octanol–water partition coefficient (Wildman–Crippen LogP) is 2.10. The first-order valence-electron chi connectivity index (χ1n) is 4.98. The van der Waals surface area contributed by atoms with E-state index in [0.29, 0.717) is 12.6 Å². The van der Waals surface area contributed by atoms with E-state index in [2.05, 4.69) is 30.1 Å². The van der Waals surface area contributed by atoms with Crippen molar-refractivity contribution < 1.29 is 0 Å². The molecule has 0 spiro atoms. The summed E-state index contributed by atoms with van der Waals surface area (Å²) in [5, 5.41) is 1.08. The number of nitrogens with zero attached hydrogens (tertiary/aromatic N) is 2. The maximum Gasteiger partial charge on any atom is 0.185 e. The third kappa shape index (κ3) is 3.09. The highest BCUT2D eigenvalue weighted by molar-refractivity contribution is 7.98. The molecular weight excluding hydrogens is 226 g/mol. The normalized spacial score (nSPS) is 12.9. The first-order valence-corrected chi connectivity index (χ1v) is 7.19. The molecule has 0 aliphatic rings. The number of nitrogens with two attached hydrogens (primary N) is 1. The van der Waals surface area contributed by atoms with Crippen molar-refractivity contribution in [2.75, 3.05) is 24.0 Å². The Morgan fingerprint density at radius 2 is 2.27 bits per heavy atom. The fourth-order valence-electron chi connectivity index (χ4n) is 1.29. The fraction of sp³-hybridized carbons (Fsp3) is 0.700. The van der Waals surface area contributed by atoms with Gasteiger partial charge in [-0.05, 0) is 20.1 Å². The highest BCUT2D eigenvalue weighted by Crippen LogP contribution is 2.26. The average molecular weight is 245 g/mol. The minimum atomic E-state index is 0.510. The fourth-order valence-corrected chi connectivity index (χ4v) is 3.00. The molecule has 1 aromatic rings. The van der Waals surface area contributed by atoms with E-state index in [4.69, 9.17) is 5.73 Å². The van der Waals surface area contributed by atoms with Gasteiger partial charge in [-0.15, -0.1) is 11.3 Å². The number of hydrogen-bond acceptors (Lipinski definition) is 5. The van der Waals surface area contributed by atoms with Crippen molar-refractivity contribution in [3.63, 3.8) is 0 Å². The van der Waals surface area contributed by atoms with Crippen molar-refractivity contribution in [3.05, 3.63) is 10.6 Å². The van der Waals surface area contributed by atoms with Gasteiger partial charge in [-0.2, -0.15) is 11.8 Å². The van der Waals surface area contributed by atoms with Gasteiger partial charge in [0, 0.05) is 30.3 Å². The van der Waals surface area contributed by atoms with Gasteiger partial charge in [0.1, 0.15) is 0 Å². The molecule has 1 unspecified atom stereocenters. The Morgan fingerprint density at radius 3 is 2.73 bits per heavy atom. The molecule has 2 N–H and O–H groups in total. The number of aromatic nitrogens is 1. The molecule has 0 radical (unpaired) electrons. The van der Waals surface area contributed by atoms with E-state index in [1.54, 1.807) is 11.3 Å². The Kier molecular flexibility index (Phi) is 4.89. The van der Waals surface area contributed by atoms with Gasteiger partial charge in [-0.1, -0.05) is 0 Å². The van der Waals surface area contributed by atoms with Crippen LogP contribution in [0.4, 0.5) is 5.13 Å². The Bertz CT molecular complexity index is 312. The molecule has 5 heteroatoms. The first kappa shape index (κ1) is 12.8. The van der Waals surface area contributed by atoms with E-state index in [1.165, 1.54) is 4.88 Å². The van der Waals surface area contributed by atoms with Crippen LogP contribution in [-0.4, -0.2) is 30.1 Å². The summed E-state index contributed by atoms with van der Waals surface area (Å²) < 4.78 is 0. The van der Waals surface area contributed by atoms with Gasteiger partial charge >= 0.3 is 0 Å². The van der Waals surface area contributed by atoms with Crippen LogP contribution < -0.4 is 10.6 Å². The average Bonchev–Trinajstić information content (AvgIpc) is 2.59. The second kappa shape index (κ2) is 5.72. The molecule has 1 rings (SSSR count). The molecule has 0 bridgehead atoms. The molecule has 0 saturated heterocycles. The molecule has 86 valence electrons. The zero-order valence-corrected chi connectivity index (χ0v) is 11.4. The lowest BCUT2D eigenvalue weighted by atomic mass is 10.4. The van der Waals surface area contributed by atoms with Crippen molar-refractivity contribution in [2.45, 2.75) is 26.4 Å². The zero-order valence-electron chi connectivity index (χ0n) is 9.78. The summed E-state index contributed by atoms with van der Waals surface area (Å²) in [4.78, 5) is 7.96. The van der Waals surface area contributed by atoms with Gasteiger partial charge in [0.2, 0.25) is 0 Å². The summed E-state index contributed by atoms with van der Waals surface area (Å²) >= 11 is 3.56. The summed E-state index contributed by atoms with van der Waals surface area (Å²) in [7, 11) is 2.10. The van der Waals surface area contributed by atoms with Gasteiger partial charge in [0.05, 0.1) is 5.69 Å². The summed E-state index contributed by atoms with van der Waals surface area (Å²) in [5.74, 6) is 1.12. The monoisotopic (exact) mass is 245 g/mol. The number of rotatable bonds is 5. The maximum absolute atomic E-state index is 5.65. The molecule has 0 fully saturated rings. The number of hydrogen-bond donors (Lipinski definition) is 1. The van der Waals surface area contributed by atoms with Crippen LogP contribution >= 0.6 is 23.1 Å². The molecule has 15 heavy (non-hydrogen) atoms. The molecule has 1 atom stereocenters. The van der Waals surface area contributed by atoms with Crippen LogP contribution in [0.25, 0.3) is 0 Å². The Balaban J connectivity index is 2.77. The lowest BCUT2D eigenvalue weighted by Gasteiger charge is -2.23. The van der Waals surface area contributed by atoms with Crippen LogP contribution in [0.1, 0.15) is 17.5 Å². The third-order valence-corrected chi connectivity index (χ3v) is 4.52. The minimum absolute atomic E-state index is 0.510. The van der Waals surface area contributed by atoms with Crippen LogP contribution in [0.5, 0.6) is 0 Å². The molecule has 3 nitrogen and oxygen atoms in total. The van der Waals surface area contributed by atoms with Crippen LogP contribution in [0.3, 0.4) is 0 Å². The van der Waals surface area contributed by atoms with E-state index in [9.17, 15) is 0 Å². The number of thioether (sulfide) groups is 1. The molecule has 0 aromatic carbocycles. The topological polar surface area (TPSA) is 42.2 Å². The second-order valence-corrected chi connectivity index (χ2v) is 5.60. The molecule has 0 amide bonds. The smallest absolute Gasteiger partial charge is 0.185 e. The van der Waals surface area contributed by atoms with E-state index in [-0.39, 0.29) is 0 Å². The summed E-state index contributed by atoms with van der Waals surface area (Å²) in [6.45, 7) is 4.83. The Morgan fingerprint density at radius 1 is 1.60 bits per heavy atom. The second-order valence-electron chi connectivity index (χ2n) is 3.62. The maximum atomic E-state index is 5.65. The minimum Gasteiger partial charge on any atom is -0.348 e. The summed E-state index contributed by atoms with van der Waals surface area (Å²) in [5.41, 5.74) is 6.72. The molecule has 1 aromatic heterocycles. The number of thiazole rings is 1. The van der Waals surface area contributed by atoms with Gasteiger partial charge in [-0.25, -0.2) is 4.98 Å². The van der Waals surface area contributed by atoms with Crippen molar-refractivity contribution in [1.82, 2.24) is 4.98 Å². The van der Waals surface area contributed by atoms with Crippen molar-refractivity contribution in [2.24, 2.45) is 5.73 Å². The molecule has 1 heterocycles. The van der Waals surface area contributed by atoms with E-state index in [1.807, 2.05) is 18.7 Å². The molecular formula is C10H19N3S2. The number of anilines is 1. The van der Waals surface area contributed by atoms with E-state index < -0.39 is 0 Å². The van der Waals surface area contributed by atoms with Gasteiger partial charge in [-0.3, -0.25) is 0 Å². The first-order chi connectivity index (χ1) is 7.10. The van der Waals surface area contributed by atoms with Crippen LogP contribution in [-0.2, 0) is 6.54 Å². The molecule has 0 saturated carbocycles. The molecule has 0 aliphatic heterocycles. The molecule has 0 aliphatic carbocycles. The van der Waals surface area contributed by atoms with Gasteiger partial charge in [0.15, 0.2) is 5.13 Å². The standard InChI is InChI=1S/C10H19N3S2/c1-7(6-14-4)13(3)10-12-8(2)9(5-11)15-10/h7H,5-6,11H2,1-4H3. The van der Waals surface area contributed by atoms with Crippen molar-refractivity contribution in [1.29, 1.82) is 0 Å². The lowest BCUT2D eigenvalue weighted by molar-refractivity contribution is 0.761. The predicted molar refractivity (Wildman–Crippen MR) is 71.0 cm³/mol. The highest BCUT2D eigenvalue weighted by Gasteiger charge is 2.14. The zero-order chi connectivity index (χ0) is 11.4. The Labute approximate surface area is 100 Å². The Hall–Kier alpha value is -0.260. The summed E-state index contributed by atoms with van der Waals surface area (Å²) in [6, 6.07) is 0.510. The highest BCUT2D eigenvalue weighted by atomic mass is 32.2. The van der Waals surface area contributed by atoms with Crippen LogP contribution in [0.2, 0.25) is 0 Å².